The Bertz CT molecular complexity index is 1240. The first-order chi connectivity index (χ1) is 20.1. The highest BCUT2D eigenvalue weighted by atomic mass is 79.9. The Kier molecular flexibility index (Phi) is 14.3. The lowest BCUT2D eigenvalue weighted by Crippen LogP contribution is -2.61. The zero-order valence-electron chi connectivity index (χ0n) is 27.4. The van der Waals surface area contributed by atoms with Crippen LogP contribution in [0.5, 0.6) is 0 Å². The van der Waals surface area contributed by atoms with Gasteiger partial charge in [-0.25, -0.2) is 4.79 Å². The molecule has 0 aliphatic heterocycles. The number of halogens is 1. The molecule has 1 aromatic carbocycles. The molecule has 0 saturated carbocycles. The minimum atomic E-state index is -1.37. The van der Waals surface area contributed by atoms with E-state index >= 15 is 0 Å². The molecule has 0 bridgehead atoms. The van der Waals surface area contributed by atoms with Gasteiger partial charge < -0.3 is 31.1 Å². The number of hydrogen-bond acceptors (Lipinski definition) is 6. The molecule has 0 aromatic heterocycles. The summed E-state index contributed by atoms with van der Waals surface area (Å²) in [6.45, 7) is 14.8. The number of aliphatic carboxylic acids is 2. The van der Waals surface area contributed by atoms with E-state index in [1.54, 1.807) is 20.2 Å². The normalized spacial score (nSPS) is 15.1. The molecule has 0 saturated heterocycles. The molecular formula is C32H49BrN4O7. The Labute approximate surface area is 269 Å². The molecule has 1 rings (SSSR count). The number of carbonyl (C=O) groups is 5. The van der Waals surface area contributed by atoms with E-state index in [1.165, 1.54) is 11.8 Å². The van der Waals surface area contributed by atoms with Gasteiger partial charge in [-0.3, -0.25) is 19.2 Å². The summed E-state index contributed by atoms with van der Waals surface area (Å²) in [6.07, 6.45) is 0.900. The van der Waals surface area contributed by atoms with Crippen LogP contribution in [0.3, 0.4) is 0 Å². The maximum absolute atomic E-state index is 14.0. The van der Waals surface area contributed by atoms with Crippen LogP contribution in [0.1, 0.15) is 73.8 Å². The summed E-state index contributed by atoms with van der Waals surface area (Å²) in [7, 11) is 3.31. The number of likely N-dealkylation sites (N-methyl/N-ethyl adjacent to an activating group) is 2. The predicted octanol–water partition coefficient (Wildman–Crippen LogP) is 3.71. The third-order valence-corrected chi connectivity index (χ3v) is 8.24. The summed E-state index contributed by atoms with van der Waals surface area (Å²) in [5.74, 6) is -4.03. The molecule has 44 heavy (non-hydrogen) atoms. The van der Waals surface area contributed by atoms with E-state index in [4.69, 9.17) is 5.11 Å². The van der Waals surface area contributed by atoms with Gasteiger partial charge in [0.15, 0.2) is 0 Å². The highest BCUT2D eigenvalue weighted by Crippen LogP contribution is 2.30. The van der Waals surface area contributed by atoms with E-state index in [1.807, 2.05) is 72.7 Å². The smallest absolute Gasteiger partial charge is 0.326 e. The Balaban J connectivity index is 3.30. The molecule has 246 valence electrons. The molecule has 11 nitrogen and oxygen atoms in total. The van der Waals surface area contributed by atoms with Crippen molar-refractivity contribution in [1.29, 1.82) is 0 Å². The van der Waals surface area contributed by atoms with Crippen LogP contribution in [0.25, 0.3) is 0 Å². The number of nitrogens with one attached hydrogen (secondary N) is 3. The Morgan fingerprint density at radius 3 is 2.05 bits per heavy atom. The first-order valence-corrected chi connectivity index (χ1v) is 15.4. The quantitative estimate of drug-likeness (QED) is 0.175. The summed E-state index contributed by atoms with van der Waals surface area (Å²) in [5.41, 5.74) is -0.196. The van der Waals surface area contributed by atoms with Crippen molar-refractivity contribution in [3.63, 3.8) is 0 Å². The van der Waals surface area contributed by atoms with Crippen molar-refractivity contribution in [3.8, 4) is 0 Å². The van der Waals surface area contributed by atoms with Gasteiger partial charge in [-0.1, -0.05) is 82.6 Å². The third-order valence-electron chi connectivity index (χ3n) is 7.75. The number of carboxylic acids is 2. The first kappa shape index (κ1) is 38.8. The van der Waals surface area contributed by atoms with Gasteiger partial charge in [0.2, 0.25) is 17.7 Å². The summed E-state index contributed by atoms with van der Waals surface area (Å²) < 4.78 is 0.887. The zero-order chi connectivity index (χ0) is 34.2. The van der Waals surface area contributed by atoms with E-state index < -0.39 is 59.3 Å². The van der Waals surface area contributed by atoms with E-state index in [0.717, 1.165) is 10.0 Å². The molecule has 0 heterocycles. The number of nitrogens with zero attached hydrogens (tertiary/aromatic N) is 1. The van der Waals surface area contributed by atoms with Crippen molar-refractivity contribution < 1.29 is 34.2 Å². The van der Waals surface area contributed by atoms with E-state index in [9.17, 15) is 29.1 Å². The van der Waals surface area contributed by atoms with Crippen LogP contribution in [0, 0.1) is 11.3 Å². The fourth-order valence-corrected chi connectivity index (χ4v) is 5.38. The summed E-state index contributed by atoms with van der Waals surface area (Å²) >= 11 is 3.50. The van der Waals surface area contributed by atoms with Crippen LogP contribution in [0.15, 0.2) is 40.4 Å². The lowest BCUT2D eigenvalue weighted by atomic mass is 9.76. The standard InChI is InChI=1S/C32H49BrN4O7/c1-18(2)23(16-19(3)27(40)35-22(30(43)44)14-15-24(38)39)37(10)29(42)26(31(4,5)6)36-28(41)25(34-9)32(7,8)20-12-11-13-21(33)17-20/h11-13,16-18,22-23,25-26,34H,14-15H2,1-10H3,(H,35,40)(H,36,41)(H,38,39)(H,43,44)/b19-16+/t22-,23-,25+,26-/m1/s1. The predicted molar refractivity (Wildman–Crippen MR) is 173 cm³/mol. The van der Waals surface area contributed by atoms with Crippen molar-refractivity contribution in [2.75, 3.05) is 14.1 Å². The van der Waals surface area contributed by atoms with Gasteiger partial charge in [0.05, 0.1) is 12.1 Å². The molecule has 5 N–H and O–H groups in total. The number of carbonyl (C=O) groups excluding carboxylic acids is 3. The average Bonchev–Trinajstić information content (AvgIpc) is 2.90. The van der Waals surface area contributed by atoms with Crippen LogP contribution >= 0.6 is 15.9 Å². The van der Waals surface area contributed by atoms with E-state index in [-0.39, 0.29) is 29.7 Å². The Hall–Kier alpha value is -3.25. The van der Waals surface area contributed by atoms with Gasteiger partial charge in [0, 0.05) is 28.9 Å². The van der Waals surface area contributed by atoms with Crippen LogP contribution in [-0.4, -0.2) is 83.0 Å². The number of rotatable bonds is 15. The first-order valence-electron chi connectivity index (χ1n) is 14.6. The molecule has 0 unspecified atom stereocenters. The lowest BCUT2D eigenvalue weighted by molar-refractivity contribution is -0.142. The highest BCUT2D eigenvalue weighted by molar-refractivity contribution is 9.10. The molecule has 1 aromatic rings. The molecule has 3 amide bonds. The van der Waals surface area contributed by atoms with Gasteiger partial charge in [0.25, 0.3) is 0 Å². The van der Waals surface area contributed by atoms with Crippen LogP contribution < -0.4 is 16.0 Å². The molecule has 0 fully saturated rings. The largest absolute Gasteiger partial charge is 0.481 e. The maximum Gasteiger partial charge on any atom is 0.326 e. The molecule has 0 aliphatic rings. The molecule has 4 atom stereocenters. The van der Waals surface area contributed by atoms with Crippen LogP contribution in [0.2, 0.25) is 0 Å². The minimum Gasteiger partial charge on any atom is -0.481 e. The van der Waals surface area contributed by atoms with E-state index in [0.29, 0.717) is 0 Å². The summed E-state index contributed by atoms with van der Waals surface area (Å²) in [5, 5.41) is 26.8. The van der Waals surface area contributed by atoms with Crippen molar-refractivity contribution >= 4 is 45.6 Å². The minimum absolute atomic E-state index is 0.147. The Morgan fingerprint density at radius 2 is 1.59 bits per heavy atom. The van der Waals surface area contributed by atoms with Gasteiger partial charge in [0.1, 0.15) is 12.1 Å². The molecule has 0 spiro atoms. The third kappa shape index (κ3) is 10.7. The van der Waals surface area contributed by atoms with Gasteiger partial charge in [-0.2, -0.15) is 0 Å². The molecular weight excluding hydrogens is 632 g/mol. The van der Waals surface area contributed by atoms with Gasteiger partial charge >= 0.3 is 11.9 Å². The molecule has 0 radical (unpaired) electrons. The fourth-order valence-electron chi connectivity index (χ4n) is 4.98. The zero-order valence-corrected chi connectivity index (χ0v) is 29.0. The summed E-state index contributed by atoms with van der Waals surface area (Å²) in [6, 6.07) is 4.19. The van der Waals surface area contributed by atoms with Crippen LogP contribution in [-0.2, 0) is 29.4 Å². The SMILES string of the molecule is CN[C@@H](C(=O)N[C@H](C(=O)N(C)[C@H](/C=C(\C)C(=O)N[C@H](CCC(=O)O)C(=O)O)C(C)C)C(C)(C)C)C(C)(C)c1cccc(Br)c1. The Morgan fingerprint density at radius 1 is 1.00 bits per heavy atom. The second kappa shape index (κ2) is 16.2. The van der Waals surface area contributed by atoms with Crippen molar-refractivity contribution in [3.05, 3.63) is 46.0 Å². The second-order valence-electron chi connectivity index (χ2n) is 13.1. The molecule has 0 aliphatic carbocycles. The number of hydrogen-bond donors (Lipinski definition) is 5. The lowest BCUT2D eigenvalue weighted by Gasteiger charge is -2.40. The monoisotopic (exact) mass is 680 g/mol. The van der Waals surface area contributed by atoms with E-state index in [2.05, 4.69) is 31.9 Å². The summed E-state index contributed by atoms with van der Waals surface area (Å²) in [4.78, 5) is 64.6. The van der Waals surface area contributed by atoms with Crippen molar-refractivity contribution in [2.24, 2.45) is 11.3 Å². The van der Waals surface area contributed by atoms with Crippen molar-refractivity contribution in [2.45, 2.75) is 97.8 Å². The molecule has 12 heteroatoms. The van der Waals surface area contributed by atoms with Crippen LogP contribution in [0.4, 0.5) is 0 Å². The average molecular weight is 682 g/mol. The van der Waals surface area contributed by atoms with Crippen molar-refractivity contribution in [1.82, 2.24) is 20.9 Å². The number of benzene rings is 1. The van der Waals surface area contributed by atoms with Gasteiger partial charge in [-0.15, -0.1) is 0 Å². The fraction of sp³-hybridized carbons (Fsp3) is 0.594. The highest BCUT2D eigenvalue weighted by Gasteiger charge is 2.41. The number of amides is 3. The topological polar surface area (TPSA) is 165 Å². The number of carboxylic acid groups (broad SMARTS) is 2. The second-order valence-corrected chi connectivity index (χ2v) is 14.0. The van der Waals surface area contributed by atoms with Gasteiger partial charge in [-0.05, 0) is 49.4 Å². The maximum atomic E-state index is 14.0.